The lowest BCUT2D eigenvalue weighted by atomic mass is 9.75. The first-order chi connectivity index (χ1) is 35.8. The minimum absolute atomic E-state index is 0.0135. The van der Waals surface area contributed by atoms with Gasteiger partial charge in [0.25, 0.3) is 5.91 Å². The van der Waals surface area contributed by atoms with Gasteiger partial charge >= 0.3 is 11.9 Å². The topological polar surface area (TPSA) is 161 Å². The Morgan fingerprint density at radius 1 is 0.811 bits per heavy atom. The second-order valence-electron chi connectivity index (χ2n) is 20.4. The van der Waals surface area contributed by atoms with Gasteiger partial charge in [0.05, 0.1) is 55.9 Å². The number of likely N-dealkylation sites (tertiary alicyclic amines) is 1. The van der Waals surface area contributed by atoms with E-state index >= 15 is 0 Å². The third-order valence-electron chi connectivity index (χ3n) is 15.4. The lowest BCUT2D eigenvalue weighted by Crippen LogP contribution is -2.52. The van der Waals surface area contributed by atoms with Crippen LogP contribution in [0.5, 0.6) is 0 Å². The maximum Gasteiger partial charge on any atom is 0.418 e. The van der Waals surface area contributed by atoms with Gasteiger partial charge < -0.3 is 28.6 Å². The Balaban J connectivity index is 0.614. The van der Waals surface area contributed by atoms with Crippen LogP contribution in [0.15, 0.2) is 96.3 Å². The van der Waals surface area contributed by atoms with Crippen LogP contribution in [0.4, 0.5) is 18.9 Å². The number of amides is 3. The van der Waals surface area contributed by atoms with Gasteiger partial charge in [0.1, 0.15) is 18.2 Å². The maximum atomic E-state index is 14.6. The molecular weight excluding hydrogens is 958 g/mol. The van der Waals surface area contributed by atoms with E-state index in [9.17, 15) is 32.3 Å². The summed E-state index contributed by atoms with van der Waals surface area (Å²) in [4.78, 5) is 59.6. The van der Waals surface area contributed by atoms with Crippen molar-refractivity contribution in [3.8, 4) is 5.69 Å². The molecule has 0 spiro atoms. The van der Waals surface area contributed by atoms with E-state index in [0.29, 0.717) is 82.3 Å². The van der Waals surface area contributed by atoms with E-state index in [4.69, 9.17) is 14.2 Å². The van der Waals surface area contributed by atoms with E-state index in [1.165, 1.54) is 28.6 Å². The van der Waals surface area contributed by atoms with Crippen LogP contribution in [0.3, 0.4) is 0 Å². The zero-order valence-electron chi connectivity index (χ0n) is 41.3. The second kappa shape index (κ2) is 20.5. The minimum atomic E-state index is -4.68. The molecule has 3 aromatic carbocycles. The molecule has 388 valence electrons. The Hall–Kier alpha value is -6.71. The fraction of sp³-hybridized carbons (Fsp3) is 0.444. The van der Waals surface area contributed by atoms with Gasteiger partial charge in [-0.05, 0) is 83.5 Å². The minimum Gasteiger partial charge on any atom is -0.379 e. The van der Waals surface area contributed by atoms with Gasteiger partial charge in [-0.1, -0.05) is 36.4 Å². The first-order valence-electron chi connectivity index (χ1n) is 25.4. The Morgan fingerprint density at radius 2 is 1.57 bits per heavy atom. The number of imidazole rings is 1. The third kappa shape index (κ3) is 10.2. The molecule has 4 saturated heterocycles. The van der Waals surface area contributed by atoms with Gasteiger partial charge in [0, 0.05) is 108 Å². The van der Waals surface area contributed by atoms with Crippen molar-refractivity contribution in [2.45, 2.75) is 82.1 Å². The number of aryl methyl sites for hydroxylation is 1. The van der Waals surface area contributed by atoms with E-state index in [1.807, 2.05) is 41.9 Å². The highest BCUT2D eigenvalue weighted by atomic mass is 19.4. The summed E-state index contributed by atoms with van der Waals surface area (Å²) < 4.78 is 65.9. The number of hydrogen-bond acceptors (Lipinski definition) is 12. The number of rotatable bonds is 16. The van der Waals surface area contributed by atoms with Crippen LogP contribution in [0, 0.1) is 0 Å². The number of piperazine rings is 1. The molecule has 74 heavy (non-hydrogen) atoms. The quantitative estimate of drug-likeness (QED) is 0.102. The number of imide groups is 1. The van der Waals surface area contributed by atoms with Crippen LogP contribution in [-0.2, 0) is 75.1 Å². The molecule has 1 unspecified atom stereocenters. The second-order valence-corrected chi connectivity index (χ2v) is 20.4. The van der Waals surface area contributed by atoms with Gasteiger partial charge in [-0.15, -0.1) is 10.2 Å². The number of aromatic nitrogens is 5. The number of fused-ring (bicyclic) bond motifs is 2. The fourth-order valence-corrected chi connectivity index (χ4v) is 11.1. The summed E-state index contributed by atoms with van der Waals surface area (Å²) in [7, 11) is 1.87. The Morgan fingerprint density at radius 3 is 2.28 bits per heavy atom. The predicted molar refractivity (Wildman–Crippen MR) is 266 cm³/mol. The molecule has 1 N–H and O–H groups in total. The van der Waals surface area contributed by atoms with Crippen molar-refractivity contribution in [2.75, 3.05) is 70.6 Å². The van der Waals surface area contributed by atoms with Crippen molar-refractivity contribution < 1.29 is 41.8 Å². The van der Waals surface area contributed by atoms with Gasteiger partial charge in [-0.2, -0.15) is 13.2 Å². The van der Waals surface area contributed by atoms with Gasteiger partial charge in [-0.3, -0.25) is 38.5 Å². The number of pyridine rings is 1. The number of alkyl halides is 3. The highest BCUT2D eigenvalue weighted by molar-refractivity contribution is 6.05. The average Bonchev–Trinajstić information content (AvgIpc) is 4.06. The molecule has 20 heteroatoms. The summed E-state index contributed by atoms with van der Waals surface area (Å²) in [6.45, 7) is 8.44. The molecule has 4 fully saturated rings. The lowest BCUT2D eigenvalue weighted by Gasteiger charge is -2.41. The van der Waals surface area contributed by atoms with E-state index < -0.39 is 34.8 Å². The molecule has 11 rings (SSSR count). The van der Waals surface area contributed by atoms with Crippen molar-refractivity contribution in [3.05, 3.63) is 147 Å². The number of piperidine rings is 2. The smallest absolute Gasteiger partial charge is 0.379 e. The van der Waals surface area contributed by atoms with Crippen molar-refractivity contribution in [3.63, 3.8) is 0 Å². The van der Waals surface area contributed by atoms with Crippen molar-refractivity contribution >= 4 is 28.9 Å². The number of nitrogens with zero attached hydrogens (tertiary/aromatic N) is 9. The number of nitrogens with one attached hydrogen (secondary N) is 1. The fourth-order valence-electron chi connectivity index (χ4n) is 11.1. The van der Waals surface area contributed by atoms with Gasteiger partial charge in [0.15, 0.2) is 0 Å². The standard InChI is InChI=1S/C54H59F3N10O7/c1-61-35-58-60-48(61)26-53(33-73-34-53)40-3-2-4-42(25-40)65-31-47-45(54(55,56)57)23-38(29-67(47)52(65)71)28-62-15-13-43(14-16-62)74-22-21-72-32-37-7-5-36(6-8-37)27-63-17-19-64(20-18-63)41-9-10-44-39(24-41)30-66(51(44)70)46-11-12-49(68)59-50(46)69/h2-10,23-25,29,31,35,43,46H,11-22,26-28,30,32-34H2,1H3,(H,59,68,69). The molecule has 1 atom stereocenters. The van der Waals surface area contributed by atoms with Crippen LogP contribution < -0.4 is 15.9 Å². The Kier molecular flexibility index (Phi) is 13.7. The summed E-state index contributed by atoms with van der Waals surface area (Å²) in [5.41, 5.74) is 4.62. The lowest BCUT2D eigenvalue weighted by molar-refractivity contribution is -0.137. The van der Waals surface area contributed by atoms with Crippen molar-refractivity contribution in [1.82, 2.24) is 43.7 Å². The molecule has 0 bridgehead atoms. The molecule has 8 heterocycles. The Bertz CT molecular complexity index is 3110. The molecule has 3 amide bonds. The van der Waals surface area contributed by atoms with Crippen molar-refractivity contribution in [2.24, 2.45) is 7.05 Å². The number of benzene rings is 3. The summed E-state index contributed by atoms with van der Waals surface area (Å²) in [6, 6.07) is 22.3. The highest BCUT2D eigenvalue weighted by Crippen LogP contribution is 2.38. The van der Waals surface area contributed by atoms with E-state index in [1.54, 1.807) is 17.3 Å². The summed E-state index contributed by atoms with van der Waals surface area (Å²) in [5.74, 6) is -0.0817. The molecule has 0 radical (unpaired) electrons. The molecular formula is C54H59F3N10O7. The van der Waals surface area contributed by atoms with Gasteiger partial charge in [0.2, 0.25) is 11.8 Å². The van der Waals surface area contributed by atoms with Crippen LogP contribution in [0.2, 0.25) is 0 Å². The molecule has 0 saturated carbocycles. The molecule has 6 aromatic rings. The maximum absolute atomic E-state index is 14.6. The molecule has 0 aliphatic carbocycles. The van der Waals surface area contributed by atoms with Crippen LogP contribution >= 0.6 is 0 Å². The molecule has 5 aliphatic heterocycles. The number of carbonyl (C=O) groups excluding carboxylic acids is 3. The monoisotopic (exact) mass is 1020 g/mol. The number of anilines is 1. The SMILES string of the molecule is Cn1cnnc1CC1(c2cccc(-n3cc4c(C(F)(F)F)cc(CN5CCC(OCCOCc6ccc(CN7CCN(c8ccc9c(c8)CN(C8CCC(=O)NC8=O)C9=O)CC7)cc6)CC5)cn4c3=O)c2)COC1. The summed E-state index contributed by atoms with van der Waals surface area (Å²) in [6.07, 6.45) is 2.37. The van der Waals surface area contributed by atoms with Crippen LogP contribution in [0.25, 0.3) is 11.2 Å². The first kappa shape index (κ1) is 49.5. The normalized spacial score (nSPS) is 19.8. The zero-order valence-corrected chi connectivity index (χ0v) is 41.3. The van der Waals surface area contributed by atoms with Gasteiger partial charge in [-0.25, -0.2) is 4.79 Å². The number of hydrogen-bond donors (Lipinski definition) is 1. The first-order valence-corrected chi connectivity index (χ1v) is 25.4. The zero-order chi connectivity index (χ0) is 51.1. The number of carbonyl (C=O) groups is 3. The predicted octanol–water partition coefficient (Wildman–Crippen LogP) is 5.03. The molecule has 3 aromatic heterocycles. The largest absolute Gasteiger partial charge is 0.418 e. The highest BCUT2D eigenvalue weighted by Gasteiger charge is 2.43. The summed E-state index contributed by atoms with van der Waals surface area (Å²) in [5, 5.41) is 10.6. The Labute approximate surface area is 425 Å². The molecule has 17 nitrogen and oxygen atoms in total. The summed E-state index contributed by atoms with van der Waals surface area (Å²) >= 11 is 0. The van der Waals surface area contributed by atoms with Crippen LogP contribution in [0.1, 0.15) is 75.2 Å². The third-order valence-corrected chi connectivity index (χ3v) is 15.4. The average molecular weight is 1020 g/mol. The van der Waals surface area contributed by atoms with E-state index in [-0.39, 0.29) is 36.4 Å². The van der Waals surface area contributed by atoms with Crippen molar-refractivity contribution in [1.29, 1.82) is 0 Å². The van der Waals surface area contributed by atoms with Crippen LogP contribution in [-0.4, -0.2) is 134 Å². The molecule has 5 aliphatic rings. The van der Waals surface area contributed by atoms with E-state index in [0.717, 1.165) is 78.2 Å². The number of ether oxygens (including phenoxy) is 3. The van der Waals surface area contributed by atoms with E-state index in [2.05, 4.69) is 60.5 Å². The number of halogens is 3.